The summed E-state index contributed by atoms with van der Waals surface area (Å²) in [5.74, 6) is 5.63. The van der Waals surface area contributed by atoms with Gasteiger partial charge < -0.3 is 9.47 Å². The maximum Gasteiger partial charge on any atom is 0.200 e. The molecule has 4 unspecified atom stereocenters. The Bertz CT molecular complexity index is 769. The van der Waals surface area contributed by atoms with E-state index in [0.717, 1.165) is 25.9 Å². The Kier molecular flexibility index (Phi) is 8.75. The molecule has 1 aliphatic heterocycles. The second kappa shape index (κ2) is 11.5. The highest BCUT2D eigenvalue weighted by Crippen LogP contribution is 2.34. The van der Waals surface area contributed by atoms with Gasteiger partial charge in [-0.1, -0.05) is 56.2 Å². The van der Waals surface area contributed by atoms with E-state index in [1.54, 1.807) is 13.0 Å². The predicted molar refractivity (Wildman–Crippen MR) is 117 cm³/mol. The van der Waals surface area contributed by atoms with Gasteiger partial charge in [-0.2, -0.15) is 4.39 Å². The summed E-state index contributed by atoms with van der Waals surface area (Å²) in [4.78, 5) is 0. The van der Waals surface area contributed by atoms with Crippen LogP contribution < -0.4 is 4.74 Å². The van der Waals surface area contributed by atoms with Gasteiger partial charge in [0, 0.05) is 11.8 Å². The monoisotopic (exact) mass is 416 g/mol. The van der Waals surface area contributed by atoms with E-state index in [2.05, 4.69) is 18.8 Å². The van der Waals surface area contributed by atoms with Gasteiger partial charge >= 0.3 is 0 Å². The maximum absolute atomic E-state index is 14.5. The first-order valence-corrected chi connectivity index (χ1v) is 11.5. The van der Waals surface area contributed by atoms with E-state index < -0.39 is 11.6 Å². The van der Waals surface area contributed by atoms with E-state index >= 15 is 0 Å². The number of benzene rings is 1. The first-order valence-electron chi connectivity index (χ1n) is 11.5. The van der Waals surface area contributed by atoms with Crippen molar-refractivity contribution in [1.29, 1.82) is 0 Å². The molecule has 4 heteroatoms. The number of allylic oxidation sites excluding steroid dienone is 2. The molecule has 1 saturated heterocycles. The van der Waals surface area contributed by atoms with E-state index in [4.69, 9.17) is 9.47 Å². The Labute approximate surface area is 180 Å². The molecule has 0 aromatic heterocycles. The highest BCUT2D eigenvalue weighted by atomic mass is 19.2. The summed E-state index contributed by atoms with van der Waals surface area (Å²) in [6.45, 7) is 5.12. The molecule has 30 heavy (non-hydrogen) atoms. The fourth-order valence-corrected chi connectivity index (χ4v) is 4.33. The van der Waals surface area contributed by atoms with Crippen LogP contribution in [0.4, 0.5) is 8.78 Å². The van der Waals surface area contributed by atoms with Gasteiger partial charge in [-0.15, -0.1) is 0 Å². The zero-order valence-electron chi connectivity index (χ0n) is 18.3. The number of halogens is 2. The molecule has 1 heterocycles. The Hall–Kier alpha value is -1.86. The molecule has 1 aromatic carbocycles. The molecule has 2 aliphatic rings. The molecular formula is C26H34F2O2. The third-order valence-electron chi connectivity index (χ3n) is 6.16. The Morgan fingerprint density at radius 2 is 1.87 bits per heavy atom. The van der Waals surface area contributed by atoms with Gasteiger partial charge in [0.1, 0.15) is 6.10 Å². The van der Waals surface area contributed by atoms with Crippen LogP contribution in [0.25, 0.3) is 0 Å². The lowest BCUT2D eigenvalue weighted by molar-refractivity contribution is 0.0129. The smallest absolute Gasteiger partial charge is 0.200 e. The van der Waals surface area contributed by atoms with E-state index in [0.29, 0.717) is 18.1 Å². The van der Waals surface area contributed by atoms with Gasteiger partial charge in [-0.3, -0.25) is 0 Å². The minimum absolute atomic E-state index is 0.0256. The minimum Gasteiger partial charge on any atom is -0.491 e. The Morgan fingerprint density at radius 3 is 2.53 bits per heavy atom. The summed E-state index contributed by atoms with van der Waals surface area (Å²) in [6, 6.07) is 3.16. The third kappa shape index (κ3) is 6.08. The average molecular weight is 417 g/mol. The Morgan fingerprint density at radius 1 is 1.00 bits per heavy atom. The van der Waals surface area contributed by atoms with E-state index in [1.165, 1.54) is 38.2 Å². The SMILES string of the molecule is CCCCCC1CCC(C#CC2C=CC(c3ccc(OCC)c(F)c3F)CC2)OC1. The predicted octanol–water partition coefficient (Wildman–Crippen LogP) is 6.79. The molecule has 0 radical (unpaired) electrons. The van der Waals surface area contributed by atoms with Crippen LogP contribution in [-0.2, 0) is 4.74 Å². The highest BCUT2D eigenvalue weighted by Gasteiger charge is 2.23. The normalized spacial score (nSPS) is 26.1. The number of hydrogen-bond acceptors (Lipinski definition) is 2. The molecule has 0 spiro atoms. The Balaban J connectivity index is 1.51. The molecule has 0 amide bonds. The number of hydrogen-bond donors (Lipinski definition) is 0. The van der Waals surface area contributed by atoms with Gasteiger partial charge in [-0.25, -0.2) is 4.39 Å². The van der Waals surface area contributed by atoms with Gasteiger partial charge in [0.15, 0.2) is 11.6 Å². The number of unbranched alkanes of at least 4 members (excludes halogenated alkanes) is 2. The second-order valence-corrected chi connectivity index (χ2v) is 8.44. The van der Waals surface area contributed by atoms with Crippen molar-refractivity contribution in [2.75, 3.05) is 13.2 Å². The summed E-state index contributed by atoms with van der Waals surface area (Å²) in [5, 5.41) is 0. The fraction of sp³-hybridized carbons (Fsp3) is 0.615. The van der Waals surface area contributed by atoms with Crippen LogP contribution in [0.3, 0.4) is 0 Å². The summed E-state index contributed by atoms with van der Waals surface area (Å²) >= 11 is 0. The zero-order chi connectivity index (χ0) is 21.3. The maximum atomic E-state index is 14.5. The molecule has 0 bridgehead atoms. The zero-order valence-corrected chi connectivity index (χ0v) is 18.3. The average Bonchev–Trinajstić information content (AvgIpc) is 2.77. The fourth-order valence-electron chi connectivity index (χ4n) is 4.33. The van der Waals surface area contributed by atoms with Gasteiger partial charge in [0.2, 0.25) is 5.82 Å². The van der Waals surface area contributed by atoms with Crippen LogP contribution in [0, 0.1) is 35.3 Å². The largest absolute Gasteiger partial charge is 0.491 e. The van der Waals surface area contributed by atoms with E-state index in [1.807, 2.05) is 12.2 Å². The molecular weight excluding hydrogens is 382 g/mol. The van der Waals surface area contributed by atoms with Crippen molar-refractivity contribution >= 4 is 0 Å². The molecule has 2 nitrogen and oxygen atoms in total. The molecule has 164 valence electrons. The van der Waals surface area contributed by atoms with E-state index in [-0.39, 0.29) is 23.7 Å². The van der Waals surface area contributed by atoms with Crippen LogP contribution in [0.1, 0.15) is 76.7 Å². The second-order valence-electron chi connectivity index (χ2n) is 8.44. The van der Waals surface area contributed by atoms with Crippen LogP contribution in [-0.4, -0.2) is 19.3 Å². The van der Waals surface area contributed by atoms with Crippen LogP contribution in [0.5, 0.6) is 5.75 Å². The van der Waals surface area contributed by atoms with Crippen LogP contribution in [0.15, 0.2) is 24.3 Å². The summed E-state index contributed by atoms with van der Waals surface area (Å²) in [7, 11) is 0. The molecule has 1 fully saturated rings. The molecule has 1 aliphatic carbocycles. The van der Waals surface area contributed by atoms with Crippen molar-refractivity contribution in [3.05, 3.63) is 41.5 Å². The van der Waals surface area contributed by atoms with Crippen LogP contribution >= 0.6 is 0 Å². The highest BCUT2D eigenvalue weighted by molar-refractivity contribution is 5.36. The van der Waals surface area contributed by atoms with Crippen molar-refractivity contribution in [1.82, 2.24) is 0 Å². The van der Waals surface area contributed by atoms with Crippen molar-refractivity contribution in [3.8, 4) is 17.6 Å². The first kappa shape index (κ1) is 22.8. The molecule has 4 atom stereocenters. The lowest BCUT2D eigenvalue weighted by atomic mass is 9.84. The lowest BCUT2D eigenvalue weighted by Gasteiger charge is -2.26. The molecule has 1 aromatic rings. The van der Waals surface area contributed by atoms with Crippen LogP contribution in [0.2, 0.25) is 0 Å². The standard InChI is InChI=1S/C26H34F2O2/c1-3-5-6-7-20-11-15-22(30-18-20)14-10-19-8-12-21(13-9-19)23-16-17-24(29-4-2)26(28)25(23)27/h8,12,16-17,19-22H,3-7,9,11,13,15,18H2,1-2H3. The molecule has 0 N–H and O–H groups in total. The van der Waals surface area contributed by atoms with Gasteiger partial charge in [0.05, 0.1) is 13.2 Å². The topological polar surface area (TPSA) is 18.5 Å². The first-order chi connectivity index (χ1) is 14.6. The van der Waals surface area contributed by atoms with Crippen molar-refractivity contribution in [2.24, 2.45) is 11.8 Å². The number of ether oxygens (including phenoxy) is 2. The molecule has 3 rings (SSSR count). The van der Waals surface area contributed by atoms with Gasteiger partial charge in [0.25, 0.3) is 0 Å². The summed E-state index contributed by atoms with van der Waals surface area (Å²) < 4.78 is 39.7. The quantitative estimate of drug-likeness (QED) is 0.277. The van der Waals surface area contributed by atoms with Crippen molar-refractivity contribution in [3.63, 3.8) is 0 Å². The number of rotatable bonds is 7. The summed E-state index contributed by atoms with van der Waals surface area (Å²) in [5.41, 5.74) is 0.392. The molecule has 0 saturated carbocycles. The lowest BCUT2D eigenvalue weighted by Crippen LogP contribution is -2.25. The summed E-state index contributed by atoms with van der Waals surface area (Å²) in [6.07, 6.45) is 13.0. The van der Waals surface area contributed by atoms with Crippen molar-refractivity contribution < 1.29 is 18.3 Å². The van der Waals surface area contributed by atoms with E-state index in [9.17, 15) is 8.78 Å². The van der Waals surface area contributed by atoms with Gasteiger partial charge in [-0.05, 0) is 56.6 Å². The van der Waals surface area contributed by atoms with Crippen molar-refractivity contribution in [2.45, 2.75) is 77.2 Å². The minimum atomic E-state index is -0.896. The third-order valence-corrected chi connectivity index (χ3v) is 6.16.